The Morgan fingerprint density at radius 3 is 3.22 bits per heavy atom. The van der Waals surface area contributed by atoms with Crippen molar-refractivity contribution in [2.24, 2.45) is 5.92 Å². The minimum atomic E-state index is -0.0484. The van der Waals surface area contributed by atoms with Crippen molar-refractivity contribution >= 4 is 11.4 Å². The second-order valence-corrected chi connectivity index (χ2v) is 6.06. The maximum atomic E-state index is 9.11. The molecule has 1 N–H and O–H groups in total. The van der Waals surface area contributed by atoms with Gasteiger partial charge in [0.1, 0.15) is 5.82 Å². The van der Waals surface area contributed by atoms with Crippen LogP contribution in [0.4, 0.5) is 5.82 Å². The topological polar surface area (TPSA) is 66.5 Å². The van der Waals surface area contributed by atoms with E-state index in [9.17, 15) is 0 Å². The highest BCUT2D eigenvalue weighted by Crippen LogP contribution is 2.34. The van der Waals surface area contributed by atoms with E-state index in [2.05, 4.69) is 34.5 Å². The second kappa shape index (κ2) is 5.40. The van der Waals surface area contributed by atoms with Gasteiger partial charge in [-0.25, -0.2) is 9.67 Å². The van der Waals surface area contributed by atoms with Gasteiger partial charge in [-0.2, -0.15) is 10.4 Å². The van der Waals surface area contributed by atoms with Crippen molar-refractivity contribution in [2.45, 2.75) is 19.3 Å². The lowest BCUT2D eigenvalue weighted by molar-refractivity contribution is 0.809. The molecule has 0 amide bonds. The summed E-state index contributed by atoms with van der Waals surface area (Å²) in [5, 5.41) is 17.0. The van der Waals surface area contributed by atoms with E-state index < -0.39 is 0 Å². The number of allylic oxidation sites excluding steroid dienone is 4. The molecule has 2 aromatic rings. The Kier molecular flexibility index (Phi) is 3.23. The van der Waals surface area contributed by atoms with Gasteiger partial charge in [0, 0.05) is 36.0 Å². The number of pyridine rings is 1. The van der Waals surface area contributed by atoms with Crippen molar-refractivity contribution in [3.63, 3.8) is 0 Å². The zero-order valence-electron chi connectivity index (χ0n) is 12.9. The molecule has 0 saturated carbocycles. The van der Waals surface area contributed by atoms with Gasteiger partial charge in [0.25, 0.3) is 0 Å². The normalized spacial score (nSPS) is 22.2. The summed E-state index contributed by atoms with van der Waals surface area (Å²) in [5.41, 5.74) is 4.51. The Balaban J connectivity index is 1.71. The first-order valence-electron chi connectivity index (χ1n) is 7.81. The summed E-state index contributed by atoms with van der Waals surface area (Å²) in [6, 6.07) is 4.32. The number of nitrogens with one attached hydrogen (secondary N) is 1. The Bertz CT molecular complexity index is 853. The van der Waals surface area contributed by atoms with Gasteiger partial charge in [0.2, 0.25) is 0 Å². The van der Waals surface area contributed by atoms with Gasteiger partial charge in [0.05, 0.1) is 23.9 Å². The van der Waals surface area contributed by atoms with Crippen LogP contribution in [0.5, 0.6) is 0 Å². The summed E-state index contributed by atoms with van der Waals surface area (Å²) in [6.45, 7) is 3.10. The van der Waals surface area contributed by atoms with E-state index in [0.29, 0.717) is 5.92 Å². The molecule has 2 unspecified atom stereocenters. The van der Waals surface area contributed by atoms with Crippen molar-refractivity contribution in [3.05, 3.63) is 54.0 Å². The quantitative estimate of drug-likeness (QED) is 0.924. The highest BCUT2D eigenvalue weighted by molar-refractivity contribution is 5.69. The summed E-state index contributed by atoms with van der Waals surface area (Å²) >= 11 is 0. The average Bonchev–Trinajstić information content (AvgIpc) is 3.22. The predicted octanol–water partition coefficient (Wildman–Crippen LogP) is 3.28. The summed E-state index contributed by atoms with van der Waals surface area (Å²) in [6.07, 6.45) is 12.4. The molecule has 2 aromatic heterocycles. The van der Waals surface area contributed by atoms with E-state index >= 15 is 0 Å². The SMILES string of the molecule is CC1CNc2nccc(-n3cc(C4=CC=CC(C#N)C4)cn3)c21. The van der Waals surface area contributed by atoms with Crippen LogP contribution >= 0.6 is 0 Å². The van der Waals surface area contributed by atoms with Crippen LogP contribution < -0.4 is 5.32 Å². The Hall–Kier alpha value is -2.87. The van der Waals surface area contributed by atoms with Crippen LogP contribution in [0.3, 0.4) is 0 Å². The molecule has 1 aliphatic carbocycles. The minimum absolute atomic E-state index is 0.0484. The van der Waals surface area contributed by atoms with Crippen molar-refractivity contribution in [2.75, 3.05) is 11.9 Å². The molecule has 0 fully saturated rings. The summed E-state index contributed by atoms with van der Waals surface area (Å²) in [7, 11) is 0. The molecule has 0 bridgehead atoms. The summed E-state index contributed by atoms with van der Waals surface area (Å²) in [4.78, 5) is 4.40. The number of hydrogen-bond donors (Lipinski definition) is 1. The first kappa shape index (κ1) is 13.8. The van der Waals surface area contributed by atoms with E-state index in [0.717, 1.165) is 35.6 Å². The fourth-order valence-corrected chi connectivity index (χ4v) is 3.24. The molecule has 3 heterocycles. The number of aromatic nitrogens is 3. The third-order valence-electron chi connectivity index (χ3n) is 4.48. The number of anilines is 1. The zero-order valence-corrected chi connectivity index (χ0v) is 12.9. The third-order valence-corrected chi connectivity index (χ3v) is 4.48. The predicted molar refractivity (Wildman–Crippen MR) is 89.1 cm³/mol. The maximum Gasteiger partial charge on any atom is 0.131 e. The number of fused-ring (bicyclic) bond motifs is 1. The van der Waals surface area contributed by atoms with Crippen LogP contribution in [0.1, 0.15) is 30.4 Å². The monoisotopic (exact) mass is 303 g/mol. The molecule has 2 atom stereocenters. The van der Waals surface area contributed by atoms with Crippen molar-refractivity contribution in [3.8, 4) is 11.8 Å². The third kappa shape index (κ3) is 2.33. The molecule has 2 aliphatic rings. The molecule has 5 heteroatoms. The molecule has 1 aliphatic heterocycles. The standard InChI is InChI=1S/C18H17N5/c1-12-9-21-18-17(12)16(5-6-20-18)23-11-15(10-22-23)14-4-2-3-13(7-14)8-19/h2-6,10-13H,7,9H2,1H3,(H,20,21). The fourth-order valence-electron chi connectivity index (χ4n) is 3.24. The first-order chi connectivity index (χ1) is 11.3. The van der Waals surface area contributed by atoms with Crippen LogP contribution in [0.25, 0.3) is 11.3 Å². The van der Waals surface area contributed by atoms with Crippen LogP contribution in [-0.2, 0) is 0 Å². The molecular weight excluding hydrogens is 286 g/mol. The van der Waals surface area contributed by atoms with Gasteiger partial charge in [-0.3, -0.25) is 0 Å². The molecule has 0 saturated heterocycles. The fraction of sp³-hybridized carbons (Fsp3) is 0.278. The van der Waals surface area contributed by atoms with Crippen LogP contribution in [0.2, 0.25) is 0 Å². The molecular formula is C18H17N5. The number of hydrogen-bond acceptors (Lipinski definition) is 4. The molecule has 0 aromatic carbocycles. The number of rotatable bonds is 2. The lowest BCUT2D eigenvalue weighted by Gasteiger charge is -2.11. The largest absolute Gasteiger partial charge is 0.369 e. The number of nitriles is 1. The molecule has 5 nitrogen and oxygen atoms in total. The Morgan fingerprint density at radius 1 is 1.43 bits per heavy atom. The Labute approximate surface area is 135 Å². The van der Waals surface area contributed by atoms with E-state index in [1.807, 2.05) is 41.5 Å². The van der Waals surface area contributed by atoms with Crippen LogP contribution in [0.15, 0.2) is 42.9 Å². The smallest absolute Gasteiger partial charge is 0.131 e. The maximum absolute atomic E-state index is 9.11. The summed E-state index contributed by atoms with van der Waals surface area (Å²) in [5.74, 6) is 1.32. The van der Waals surface area contributed by atoms with Crippen molar-refractivity contribution < 1.29 is 0 Å². The average molecular weight is 303 g/mol. The van der Waals surface area contributed by atoms with Crippen molar-refractivity contribution in [1.29, 1.82) is 5.26 Å². The molecule has 0 spiro atoms. The van der Waals surface area contributed by atoms with E-state index in [1.54, 1.807) is 0 Å². The van der Waals surface area contributed by atoms with Gasteiger partial charge in [0.15, 0.2) is 0 Å². The highest BCUT2D eigenvalue weighted by Gasteiger charge is 2.24. The van der Waals surface area contributed by atoms with Gasteiger partial charge >= 0.3 is 0 Å². The molecule has 4 rings (SSSR count). The lowest BCUT2D eigenvalue weighted by atomic mass is 9.92. The van der Waals surface area contributed by atoms with E-state index in [-0.39, 0.29) is 5.92 Å². The van der Waals surface area contributed by atoms with Gasteiger partial charge in [-0.05, 0) is 18.1 Å². The van der Waals surface area contributed by atoms with Crippen molar-refractivity contribution in [1.82, 2.24) is 14.8 Å². The zero-order chi connectivity index (χ0) is 15.8. The first-order valence-corrected chi connectivity index (χ1v) is 7.81. The van der Waals surface area contributed by atoms with Gasteiger partial charge < -0.3 is 5.32 Å². The van der Waals surface area contributed by atoms with E-state index in [1.165, 1.54) is 5.56 Å². The van der Waals surface area contributed by atoms with Crippen LogP contribution in [0, 0.1) is 17.2 Å². The van der Waals surface area contributed by atoms with Crippen LogP contribution in [-0.4, -0.2) is 21.3 Å². The van der Waals surface area contributed by atoms with Gasteiger partial charge in [-0.1, -0.05) is 25.2 Å². The molecule has 23 heavy (non-hydrogen) atoms. The highest BCUT2D eigenvalue weighted by atomic mass is 15.3. The summed E-state index contributed by atoms with van der Waals surface area (Å²) < 4.78 is 1.92. The van der Waals surface area contributed by atoms with Gasteiger partial charge in [-0.15, -0.1) is 0 Å². The lowest BCUT2D eigenvalue weighted by Crippen LogP contribution is -2.02. The number of nitrogens with zero attached hydrogens (tertiary/aromatic N) is 4. The molecule has 114 valence electrons. The van der Waals surface area contributed by atoms with E-state index in [4.69, 9.17) is 5.26 Å². The minimum Gasteiger partial charge on any atom is -0.369 e. The molecule has 0 radical (unpaired) electrons. The second-order valence-electron chi connectivity index (χ2n) is 6.06. The Morgan fingerprint density at radius 2 is 2.35 bits per heavy atom.